The van der Waals surface area contributed by atoms with Gasteiger partial charge in [-0.3, -0.25) is 9.52 Å². The molecule has 0 radical (unpaired) electrons. The third-order valence-corrected chi connectivity index (χ3v) is 5.75. The predicted octanol–water partition coefficient (Wildman–Crippen LogP) is 2.58. The Hall–Kier alpha value is -3.33. The van der Waals surface area contributed by atoms with Gasteiger partial charge in [-0.25, -0.2) is 13.4 Å². The van der Waals surface area contributed by atoms with Crippen LogP contribution in [0.5, 0.6) is 5.75 Å². The van der Waals surface area contributed by atoms with Crippen LogP contribution in [0.4, 0.5) is 5.69 Å². The van der Waals surface area contributed by atoms with Crippen LogP contribution in [-0.4, -0.2) is 37.0 Å². The molecule has 2 N–H and O–H groups in total. The highest BCUT2D eigenvalue weighted by Gasteiger charge is 2.15. The summed E-state index contributed by atoms with van der Waals surface area (Å²) in [7, 11) is -3.71. The second-order valence-corrected chi connectivity index (χ2v) is 8.37. The molecular formula is C21H24N4O4S. The number of rotatable bonds is 10. The number of para-hydroxylation sites is 1. The number of nitrogens with zero attached hydrogens (tertiary/aromatic N) is 2. The lowest BCUT2D eigenvalue weighted by atomic mass is 10.2. The first kappa shape index (κ1) is 21.4. The molecule has 0 unspecified atom stereocenters. The van der Waals surface area contributed by atoms with Crippen molar-refractivity contribution in [1.82, 2.24) is 14.9 Å². The number of amides is 1. The van der Waals surface area contributed by atoms with Crippen LogP contribution in [0.25, 0.3) is 0 Å². The topological polar surface area (TPSA) is 102 Å². The van der Waals surface area contributed by atoms with Crippen LogP contribution in [0.2, 0.25) is 0 Å². The minimum absolute atomic E-state index is 0.113. The molecule has 0 spiro atoms. The zero-order valence-electron chi connectivity index (χ0n) is 16.6. The van der Waals surface area contributed by atoms with Crippen molar-refractivity contribution in [1.29, 1.82) is 0 Å². The van der Waals surface area contributed by atoms with E-state index in [2.05, 4.69) is 15.0 Å². The van der Waals surface area contributed by atoms with Crippen molar-refractivity contribution in [3.8, 4) is 5.75 Å². The van der Waals surface area contributed by atoms with Gasteiger partial charge in [0.25, 0.3) is 15.9 Å². The van der Waals surface area contributed by atoms with Crippen LogP contribution in [0.3, 0.4) is 0 Å². The van der Waals surface area contributed by atoms with Crippen LogP contribution in [-0.2, 0) is 21.4 Å². The van der Waals surface area contributed by atoms with Crippen LogP contribution >= 0.6 is 0 Å². The van der Waals surface area contributed by atoms with Crippen LogP contribution < -0.4 is 14.8 Å². The number of ether oxygens (including phenoxy) is 1. The average Bonchev–Trinajstić information content (AvgIpc) is 3.25. The third kappa shape index (κ3) is 6.08. The summed E-state index contributed by atoms with van der Waals surface area (Å²) in [5.41, 5.74) is 1.36. The quantitative estimate of drug-likeness (QED) is 0.483. The number of hydrogen-bond donors (Lipinski definition) is 2. The molecule has 9 heteroatoms. The fraction of sp³-hybridized carbons (Fsp3) is 0.238. The highest BCUT2D eigenvalue weighted by Crippen LogP contribution is 2.21. The number of carbonyl (C=O) groups excluding carboxylic acids is 1. The lowest BCUT2D eigenvalue weighted by molar-refractivity contribution is -0.123. The molecule has 1 amide bonds. The molecule has 0 bridgehead atoms. The van der Waals surface area contributed by atoms with Crippen molar-refractivity contribution in [2.24, 2.45) is 0 Å². The third-order valence-electron chi connectivity index (χ3n) is 4.37. The van der Waals surface area contributed by atoms with E-state index in [9.17, 15) is 13.2 Å². The number of sulfonamides is 1. The summed E-state index contributed by atoms with van der Waals surface area (Å²) in [5.74, 6) is 0.178. The number of benzene rings is 2. The molecule has 158 valence electrons. The number of aromatic nitrogens is 2. The Morgan fingerprint density at radius 1 is 1.13 bits per heavy atom. The first-order valence-electron chi connectivity index (χ1n) is 9.48. The van der Waals surface area contributed by atoms with Gasteiger partial charge in [0.05, 0.1) is 16.9 Å². The summed E-state index contributed by atoms with van der Waals surface area (Å²) in [6.45, 7) is 2.99. The molecule has 3 rings (SSSR count). The number of hydrogen-bond acceptors (Lipinski definition) is 5. The van der Waals surface area contributed by atoms with Crippen LogP contribution in [0.1, 0.15) is 12.0 Å². The first-order chi connectivity index (χ1) is 14.4. The van der Waals surface area contributed by atoms with E-state index >= 15 is 0 Å². The standard InChI is InChI=1S/C21H24N4O4S/c1-17-5-2-3-6-20(17)24-30(27,28)19-9-7-18(8-10-19)29-15-21(26)23-11-4-13-25-14-12-22-16-25/h2-3,5-10,12,14,16,24H,4,11,13,15H2,1H3,(H,23,26). The maximum absolute atomic E-state index is 12.5. The molecule has 1 aromatic heterocycles. The minimum Gasteiger partial charge on any atom is -0.484 e. The summed E-state index contributed by atoms with van der Waals surface area (Å²) < 4.78 is 35.0. The molecule has 0 fully saturated rings. The number of anilines is 1. The molecule has 8 nitrogen and oxygen atoms in total. The number of carbonyl (C=O) groups is 1. The number of imidazole rings is 1. The van der Waals surface area contributed by atoms with E-state index in [1.54, 1.807) is 24.7 Å². The molecular weight excluding hydrogens is 404 g/mol. The second kappa shape index (κ2) is 9.93. The molecule has 3 aromatic rings. The fourth-order valence-electron chi connectivity index (χ4n) is 2.71. The largest absolute Gasteiger partial charge is 0.484 e. The van der Waals surface area contributed by atoms with Gasteiger partial charge in [-0.05, 0) is 49.2 Å². The molecule has 30 heavy (non-hydrogen) atoms. The highest BCUT2D eigenvalue weighted by molar-refractivity contribution is 7.92. The Bertz CT molecular complexity index is 1060. The van der Waals surface area contributed by atoms with Gasteiger partial charge in [0.2, 0.25) is 0 Å². The first-order valence-corrected chi connectivity index (χ1v) is 11.0. The van der Waals surface area contributed by atoms with E-state index in [0.29, 0.717) is 18.0 Å². The van der Waals surface area contributed by atoms with Gasteiger partial charge in [0.1, 0.15) is 5.75 Å². The Kier molecular flexibility index (Phi) is 7.08. The molecule has 0 saturated heterocycles. The Labute approximate surface area is 176 Å². The van der Waals surface area contributed by atoms with Gasteiger partial charge < -0.3 is 14.6 Å². The zero-order chi connectivity index (χ0) is 21.4. The zero-order valence-corrected chi connectivity index (χ0v) is 17.4. The van der Waals surface area contributed by atoms with Crippen molar-refractivity contribution in [3.05, 3.63) is 72.8 Å². The van der Waals surface area contributed by atoms with Gasteiger partial charge >= 0.3 is 0 Å². The van der Waals surface area contributed by atoms with E-state index in [4.69, 9.17) is 4.74 Å². The number of aryl methyl sites for hydroxylation is 2. The molecule has 0 aliphatic heterocycles. The van der Waals surface area contributed by atoms with E-state index in [1.807, 2.05) is 29.8 Å². The van der Waals surface area contributed by atoms with Gasteiger partial charge in [-0.15, -0.1) is 0 Å². The SMILES string of the molecule is Cc1ccccc1NS(=O)(=O)c1ccc(OCC(=O)NCCCn2ccnc2)cc1. The van der Waals surface area contributed by atoms with Crippen molar-refractivity contribution in [2.45, 2.75) is 24.8 Å². The fourth-order valence-corrected chi connectivity index (χ4v) is 3.85. The summed E-state index contributed by atoms with van der Waals surface area (Å²) in [5, 5.41) is 2.78. The summed E-state index contributed by atoms with van der Waals surface area (Å²) >= 11 is 0. The average molecular weight is 429 g/mol. The second-order valence-electron chi connectivity index (χ2n) is 6.68. The maximum Gasteiger partial charge on any atom is 0.261 e. The molecule has 0 aliphatic rings. The Morgan fingerprint density at radius 2 is 1.90 bits per heavy atom. The minimum atomic E-state index is -3.71. The van der Waals surface area contributed by atoms with Crippen molar-refractivity contribution in [2.75, 3.05) is 17.9 Å². The van der Waals surface area contributed by atoms with Crippen molar-refractivity contribution in [3.63, 3.8) is 0 Å². The number of nitrogens with one attached hydrogen (secondary N) is 2. The lowest BCUT2D eigenvalue weighted by Gasteiger charge is -2.11. The summed E-state index contributed by atoms with van der Waals surface area (Å²) in [6, 6.07) is 13.1. The molecule has 0 aliphatic carbocycles. The molecule has 0 atom stereocenters. The van der Waals surface area contributed by atoms with Gasteiger partial charge in [0, 0.05) is 25.5 Å². The van der Waals surface area contributed by atoms with E-state index < -0.39 is 10.0 Å². The Morgan fingerprint density at radius 3 is 2.60 bits per heavy atom. The molecule has 1 heterocycles. The smallest absolute Gasteiger partial charge is 0.261 e. The predicted molar refractivity (Wildman–Crippen MR) is 114 cm³/mol. The Balaban J connectivity index is 1.45. The van der Waals surface area contributed by atoms with Crippen molar-refractivity contribution >= 4 is 21.6 Å². The highest BCUT2D eigenvalue weighted by atomic mass is 32.2. The van der Waals surface area contributed by atoms with Crippen LogP contribution in [0.15, 0.2) is 72.1 Å². The van der Waals surface area contributed by atoms with Gasteiger partial charge in [-0.1, -0.05) is 18.2 Å². The lowest BCUT2D eigenvalue weighted by Crippen LogP contribution is -2.30. The summed E-state index contributed by atoms with van der Waals surface area (Å²) in [6.07, 6.45) is 6.08. The normalized spacial score (nSPS) is 11.1. The van der Waals surface area contributed by atoms with Crippen molar-refractivity contribution < 1.29 is 17.9 Å². The molecule has 2 aromatic carbocycles. The van der Waals surface area contributed by atoms with E-state index in [-0.39, 0.29) is 17.4 Å². The maximum atomic E-state index is 12.5. The van der Waals surface area contributed by atoms with Crippen LogP contribution in [0, 0.1) is 6.92 Å². The van der Waals surface area contributed by atoms with E-state index in [0.717, 1.165) is 18.5 Å². The van der Waals surface area contributed by atoms with Gasteiger partial charge in [-0.2, -0.15) is 0 Å². The van der Waals surface area contributed by atoms with Gasteiger partial charge in [0.15, 0.2) is 6.61 Å². The van der Waals surface area contributed by atoms with E-state index in [1.165, 1.54) is 24.3 Å². The monoisotopic (exact) mass is 428 g/mol. The summed E-state index contributed by atoms with van der Waals surface area (Å²) in [4.78, 5) is 15.9. The molecule has 0 saturated carbocycles.